The van der Waals surface area contributed by atoms with Gasteiger partial charge in [-0.3, -0.25) is 0 Å². The summed E-state index contributed by atoms with van der Waals surface area (Å²) in [4.78, 5) is 0. The molecular weight excluding hydrogens is 246 g/mol. The molecule has 0 radical (unpaired) electrons. The van der Waals surface area contributed by atoms with E-state index in [0.717, 1.165) is 18.7 Å². The van der Waals surface area contributed by atoms with Crippen molar-refractivity contribution in [3.05, 3.63) is 65.2 Å². The Morgan fingerprint density at radius 2 is 1.80 bits per heavy atom. The minimum atomic E-state index is 0.237. The molecule has 0 aliphatic heterocycles. The van der Waals surface area contributed by atoms with Gasteiger partial charge in [-0.05, 0) is 42.6 Å². The summed E-state index contributed by atoms with van der Waals surface area (Å²) in [6.07, 6.45) is 1.12. The highest BCUT2D eigenvalue weighted by Crippen LogP contribution is 2.26. The van der Waals surface area contributed by atoms with Gasteiger partial charge in [0, 0.05) is 0 Å². The Hall–Kier alpha value is -1.80. The summed E-state index contributed by atoms with van der Waals surface area (Å²) < 4.78 is 5.35. The minimum absolute atomic E-state index is 0.237. The maximum absolute atomic E-state index is 5.35. The van der Waals surface area contributed by atoms with Crippen LogP contribution in [0.5, 0.6) is 5.75 Å². The monoisotopic (exact) mass is 269 g/mol. The molecule has 0 amide bonds. The van der Waals surface area contributed by atoms with Gasteiger partial charge in [-0.1, -0.05) is 49.4 Å². The first-order valence-electron chi connectivity index (χ1n) is 7.19. The first-order chi connectivity index (χ1) is 9.76. The zero-order valence-corrected chi connectivity index (χ0v) is 12.5. The highest BCUT2D eigenvalue weighted by Gasteiger charge is 2.14. The van der Waals surface area contributed by atoms with Gasteiger partial charge < -0.3 is 10.1 Å². The number of rotatable bonds is 6. The number of nitrogens with one attached hydrogen (secondary N) is 1. The van der Waals surface area contributed by atoms with Gasteiger partial charge in [-0.15, -0.1) is 0 Å². The summed E-state index contributed by atoms with van der Waals surface area (Å²) in [5.41, 5.74) is 3.75. The highest BCUT2D eigenvalue weighted by atomic mass is 16.5. The molecule has 0 bridgehead atoms. The molecule has 1 unspecified atom stereocenters. The van der Waals surface area contributed by atoms with Crippen molar-refractivity contribution in [2.24, 2.45) is 0 Å². The summed E-state index contributed by atoms with van der Waals surface area (Å²) >= 11 is 0. The van der Waals surface area contributed by atoms with Crippen LogP contribution in [-0.4, -0.2) is 13.7 Å². The summed E-state index contributed by atoms with van der Waals surface area (Å²) in [6.45, 7) is 5.28. The average molecular weight is 269 g/mol. The van der Waals surface area contributed by atoms with Crippen LogP contribution in [0.3, 0.4) is 0 Å². The van der Waals surface area contributed by atoms with Crippen LogP contribution in [0, 0.1) is 6.92 Å². The molecule has 1 atom stereocenters. The molecule has 0 saturated carbocycles. The van der Waals surface area contributed by atoms with Gasteiger partial charge in [0.05, 0.1) is 13.2 Å². The van der Waals surface area contributed by atoms with Gasteiger partial charge in [-0.2, -0.15) is 0 Å². The lowest BCUT2D eigenvalue weighted by Gasteiger charge is -2.20. The number of hydrogen-bond acceptors (Lipinski definition) is 2. The molecule has 106 valence electrons. The normalized spacial score (nSPS) is 12.2. The second-order valence-electron chi connectivity index (χ2n) is 5.03. The number of hydrogen-bond donors (Lipinski definition) is 1. The van der Waals surface area contributed by atoms with E-state index < -0.39 is 0 Å². The Bertz CT molecular complexity index is 536. The fourth-order valence-corrected chi connectivity index (χ4v) is 2.44. The molecule has 2 heteroatoms. The number of ether oxygens (including phenoxy) is 1. The van der Waals surface area contributed by atoms with Crippen molar-refractivity contribution in [3.63, 3.8) is 0 Å². The average Bonchev–Trinajstić information content (AvgIpc) is 2.49. The molecule has 0 aliphatic carbocycles. The van der Waals surface area contributed by atoms with E-state index in [0.29, 0.717) is 0 Å². The SMILES string of the molecule is CCCNC(c1ccccc1)c1ccc(OC)c(C)c1. The molecule has 0 aromatic heterocycles. The van der Waals surface area contributed by atoms with Crippen molar-refractivity contribution >= 4 is 0 Å². The molecule has 0 spiro atoms. The van der Waals surface area contributed by atoms with E-state index in [1.807, 2.05) is 6.07 Å². The standard InChI is InChI=1S/C18H23NO/c1-4-12-19-18(15-8-6-5-7-9-15)16-10-11-17(20-3)14(2)13-16/h5-11,13,18-19H,4,12H2,1-3H3. The van der Waals surface area contributed by atoms with Gasteiger partial charge in [0.25, 0.3) is 0 Å². The van der Waals surface area contributed by atoms with E-state index >= 15 is 0 Å². The molecule has 0 saturated heterocycles. The smallest absolute Gasteiger partial charge is 0.121 e. The molecule has 1 N–H and O–H groups in total. The third kappa shape index (κ3) is 3.40. The first-order valence-corrected chi connectivity index (χ1v) is 7.19. The minimum Gasteiger partial charge on any atom is -0.496 e. The summed E-state index contributed by atoms with van der Waals surface area (Å²) in [5, 5.41) is 3.63. The van der Waals surface area contributed by atoms with Crippen LogP contribution in [0.15, 0.2) is 48.5 Å². The Morgan fingerprint density at radius 3 is 2.40 bits per heavy atom. The Morgan fingerprint density at radius 1 is 1.05 bits per heavy atom. The van der Waals surface area contributed by atoms with E-state index in [2.05, 4.69) is 61.6 Å². The number of methoxy groups -OCH3 is 1. The van der Waals surface area contributed by atoms with Crippen molar-refractivity contribution < 1.29 is 4.74 Å². The van der Waals surface area contributed by atoms with Crippen LogP contribution < -0.4 is 10.1 Å². The number of benzene rings is 2. The molecule has 0 fully saturated rings. The summed E-state index contributed by atoms with van der Waals surface area (Å²) in [5.74, 6) is 0.941. The van der Waals surface area contributed by atoms with Crippen LogP contribution in [0.1, 0.15) is 36.1 Å². The molecule has 2 aromatic rings. The predicted molar refractivity (Wildman–Crippen MR) is 84.3 cm³/mol. The number of aryl methyl sites for hydroxylation is 1. The Kier molecular flexibility index (Phi) is 5.19. The largest absolute Gasteiger partial charge is 0.496 e. The molecule has 2 rings (SSSR count). The van der Waals surface area contributed by atoms with Gasteiger partial charge >= 0.3 is 0 Å². The van der Waals surface area contributed by atoms with Gasteiger partial charge in [0.1, 0.15) is 5.75 Å². The maximum atomic E-state index is 5.35. The van der Waals surface area contributed by atoms with Gasteiger partial charge in [-0.25, -0.2) is 0 Å². The van der Waals surface area contributed by atoms with Crippen molar-refractivity contribution in [3.8, 4) is 5.75 Å². The van der Waals surface area contributed by atoms with Crippen molar-refractivity contribution in [1.82, 2.24) is 5.32 Å². The zero-order chi connectivity index (χ0) is 14.4. The third-order valence-corrected chi connectivity index (χ3v) is 3.48. The molecular formula is C18H23NO. The lowest BCUT2D eigenvalue weighted by Crippen LogP contribution is -2.23. The fourth-order valence-electron chi connectivity index (χ4n) is 2.44. The second-order valence-corrected chi connectivity index (χ2v) is 5.03. The molecule has 0 heterocycles. The molecule has 2 aromatic carbocycles. The predicted octanol–water partition coefficient (Wildman–Crippen LogP) is 4.09. The van der Waals surface area contributed by atoms with Gasteiger partial charge in [0.2, 0.25) is 0 Å². The van der Waals surface area contributed by atoms with Crippen molar-refractivity contribution in [2.45, 2.75) is 26.3 Å². The van der Waals surface area contributed by atoms with Crippen LogP contribution in [0.2, 0.25) is 0 Å². The van der Waals surface area contributed by atoms with Crippen LogP contribution in [0.4, 0.5) is 0 Å². The second kappa shape index (κ2) is 7.11. The topological polar surface area (TPSA) is 21.3 Å². The van der Waals surface area contributed by atoms with Crippen LogP contribution in [0.25, 0.3) is 0 Å². The van der Waals surface area contributed by atoms with Crippen LogP contribution in [-0.2, 0) is 0 Å². The van der Waals surface area contributed by atoms with E-state index in [1.165, 1.54) is 16.7 Å². The highest BCUT2D eigenvalue weighted by molar-refractivity contribution is 5.40. The van der Waals surface area contributed by atoms with E-state index in [9.17, 15) is 0 Å². The summed E-state index contributed by atoms with van der Waals surface area (Å²) in [6, 6.07) is 17.2. The Labute approximate surface area is 121 Å². The lowest BCUT2D eigenvalue weighted by atomic mass is 9.97. The molecule has 0 aliphatic rings. The van der Waals surface area contributed by atoms with E-state index in [1.54, 1.807) is 7.11 Å². The van der Waals surface area contributed by atoms with Crippen molar-refractivity contribution in [1.29, 1.82) is 0 Å². The molecule has 2 nitrogen and oxygen atoms in total. The van der Waals surface area contributed by atoms with Gasteiger partial charge in [0.15, 0.2) is 0 Å². The zero-order valence-electron chi connectivity index (χ0n) is 12.5. The van der Waals surface area contributed by atoms with Crippen molar-refractivity contribution in [2.75, 3.05) is 13.7 Å². The van der Waals surface area contributed by atoms with E-state index in [4.69, 9.17) is 4.74 Å². The fraction of sp³-hybridized carbons (Fsp3) is 0.333. The van der Waals surface area contributed by atoms with E-state index in [-0.39, 0.29) is 6.04 Å². The maximum Gasteiger partial charge on any atom is 0.121 e. The summed E-state index contributed by atoms with van der Waals surface area (Å²) in [7, 11) is 1.71. The quantitative estimate of drug-likeness (QED) is 0.852. The lowest BCUT2D eigenvalue weighted by molar-refractivity contribution is 0.411. The van der Waals surface area contributed by atoms with Crippen LogP contribution >= 0.6 is 0 Å². The third-order valence-electron chi connectivity index (χ3n) is 3.48. The first kappa shape index (κ1) is 14.6. The Balaban J connectivity index is 2.33. The molecule has 20 heavy (non-hydrogen) atoms.